The molecular weight excluding hydrogens is 356 g/mol. The van der Waals surface area contributed by atoms with Crippen molar-refractivity contribution in [1.29, 1.82) is 0 Å². The summed E-state index contributed by atoms with van der Waals surface area (Å²) in [7, 11) is -3.58. The third-order valence-corrected chi connectivity index (χ3v) is 7.03. The van der Waals surface area contributed by atoms with Gasteiger partial charge < -0.3 is 4.90 Å². The van der Waals surface area contributed by atoms with Gasteiger partial charge >= 0.3 is 0 Å². The Labute approximate surface area is 152 Å². The first kappa shape index (κ1) is 18.1. The highest BCUT2D eigenvalue weighted by molar-refractivity contribution is 7.89. The average molecular weight is 379 g/mol. The summed E-state index contributed by atoms with van der Waals surface area (Å²) in [4.78, 5) is 15.9. The molecule has 5 nitrogen and oxygen atoms in total. The van der Waals surface area contributed by atoms with Crippen LogP contribution in [0.1, 0.15) is 35.4 Å². The maximum absolute atomic E-state index is 12.5. The lowest BCUT2D eigenvalue weighted by Crippen LogP contribution is -2.39. The summed E-state index contributed by atoms with van der Waals surface area (Å²) in [5, 5.41) is 2.06. The van der Waals surface area contributed by atoms with E-state index in [9.17, 15) is 13.2 Å². The second-order valence-electron chi connectivity index (χ2n) is 6.27. The van der Waals surface area contributed by atoms with Crippen LogP contribution in [-0.4, -0.2) is 32.3 Å². The predicted octanol–water partition coefficient (Wildman–Crippen LogP) is 2.87. The summed E-state index contributed by atoms with van der Waals surface area (Å²) >= 11 is 1.73. The number of nitrogens with one attached hydrogen (secondary N) is 1. The Hall–Kier alpha value is -1.70. The molecule has 7 heteroatoms. The van der Waals surface area contributed by atoms with Crippen LogP contribution in [0.2, 0.25) is 0 Å². The zero-order chi connectivity index (χ0) is 18.0. The number of amides is 1. The Balaban J connectivity index is 1.57. The van der Waals surface area contributed by atoms with E-state index >= 15 is 0 Å². The lowest BCUT2D eigenvalue weighted by atomic mass is 10.0. The number of thiophene rings is 1. The zero-order valence-corrected chi connectivity index (χ0v) is 16.0. The standard InChI is InChI=1S/C18H22N2O3S2/c1-13-3-5-15(6-4-13)25(22,23)19-10-7-18(21)20-11-8-17-16(14(20)2)9-12-24-17/h3-6,9,12,14,19H,7-8,10-11H2,1-2H3/t14-/m0/s1. The van der Waals surface area contributed by atoms with Gasteiger partial charge in [-0.25, -0.2) is 13.1 Å². The molecule has 0 saturated heterocycles. The quantitative estimate of drug-likeness (QED) is 0.870. The number of benzene rings is 1. The molecule has 1 aliphatic rings. The summed E-state index contributed by atoms with van der Waals surface area (Å²) in [6.45, 7) is 4.73. The normalized spacial score (nSPS) is 17.4. The molecule has 0 fully saturated rings. The maximum Gasteiger partial charge on any atom is 0.240 e. The molecule has 2 aromatic rings. The minimum absolute atomic E-state index is 0.0176. The van der Waals surface area contributed by atoms with Crippen molar-refractivity contribution in [2.45, 2.75) is 37.6 Å². The number of carbonyl (C=O) groups is 1. The van der Waals surface area contributed by atoms with Gasteiger partial charge in [-0.2, -0.15) is 0 Å². The zero-order valence-electron chi connectivity index (χ0n) is 14.4. The van der Waals surface area contributed by atoms with E-state index in [-0.39, 0.29) is 29.8 Å². The van der Waals surface area contributed by atoms with Crippen LogP contribution in [0.5, 0.6) is 0 Å². The number of fused-ring (bicyclic) bond motifs is 1. The Morgan fingerprint density at radius 1 is 1.28 bits per heavy atom. The predicted molar refractivity (Wildman–Crippen MR) is 99.1 cm³/mol. The van der Waals surface area contributed by atoms with Crippen molar-refractivity contribution < 1.29 is 13.2 Å². The summed E-state index contributed by atoms with van der Waals surface area (Å²) in [5.41, 5.74) is 2.21. The third-order valence-electron chi connectivity index (χ3n) is 4.56. The third kappa shape index (κ3) is 3.94. The molecule has 1 atom stereocenters. The number of hydrogen-bond acceptors (Lipinski definition) is 4. The van der Waals surface area contributed by atoms with Gasteiger partial charge in [0.25, 0.3) is 0 Å². The summed E-state index contributed by atoms with van der Waals surface area (Å²) in [6.07, 6.45) is 1.03. The highest BCUT2D eigenvalue weighted by Gasteiger charge is 2.28. The van der Waals surface area contributed by atoms with Crippen molar-refractivity contribution in [2.75, 3.05) is 13.1 Å². The van der Waals surface area contributed by atoms with Crippen LogP contribution in [0.3, 0.4) is 0 Å². The summed E-state index contributed by atoms with van der Waals surface area (Å²) in [5.74, 6) is -0.0176. The van der Waals surface area contributed by atoms with Crippen LogP contribution < -0.4 is 4.72 Å². The number of hydrogen-bond donors (Lipinski definition) is 1. The lowest BCUT2D eigenvalue weighted by Gasteiger charge is -2.33. The molecule has 0 aliphatic carbocycles. The highest BCUT2D eigenvalue weighted by atomic mass is 32.2. The number of rotatable bonds is 5. The minimum atomic E-state index is -3.58. The molecule has 1 aromatic heterocycles. The van der Waals surface area contributed by atoms with E-state index in [4.69, 9.17) is 0 Å². The molecule has 3 rings (SSSR count). The molecule has 134 valence electrons. The van der Waals surface area contributed by atoms with Gasteiger partial charge in [-0.05, 0) is 49.4 Å². The second-order valence-corrected chi connectivity index (χ2v) is 9.04. The average Bonchev–Trinajstić information content (AvgIpc) is 3.05. The fraction of sp³-hybridized carbons (Fsp3) is 0.389. The van der Waals surface area contributed by atoms with Gasteiger partial charge in [-0.1, -0.05) is 17.7 Å². The largest absolute Gasteiger partial charge is 0.335 e. The lowest BCUT2D eigenvalue weighted by molar-refractivity contribution is -0.133. The van der Waals surface area contributed by atoms with Crippen molar-refractivity contribution >= 4 is 27.3 Å². The molecule has 0 saturated carbocycles. The molecule has 0 bridgehead atoms. The number of nitrogens with zero attached hydrogens (tertiary/aromatic N) is 1. The van der Waals surface area contributed by atoms with Gasteiger partial charge in [-0.15, -0.1) is 11.3 Å². The first-order valence-electron chi connectivity index (χ1n) is 8.30. The van der Waals surface area contributed by atoms with Gasteiger partial charge in [-0.3, -0.25) is 4.79 Å². The number of carbonyl (C=O) groups excluding carboxylic acids is 1. The van der Waals surface area contributed by atoms with E-state index in [1.807, 2.05) is 18.7 Å². The Morgan fingerprint density at radius 3 is 2.72 bits per heavy atom. The fourth-order valence-electron chi connectivity index (χ4n) is 3.09. The van der Waals surface area contributed by atoms with Gasteiger partial charge in [0.1, 0.15) is 0 Å². The molecule has 1 N–H and O–H groups in total. The number of sulfonamides is 1. The van der Waals surface area contributed by atoms with Crippen molar-refractivity contribution in [3.8, 4) is 0 Å². The topological polar surface area (TPSA) is 66.5 Å². The van der Waals surface area contributed by atoms with Gasteiger partial charge in [0.2, 0.25) is 15.9 Å². The first-order valence-corrected chi connectivity index (χ1v) is 10.7. The van der Waals surface area contributed by atoms with E-state index in [0.29, 0.717) is 6.54 Å². The van der Waals surface area contributed by atoms with Crippen molar-refractivity contribution in [2.24, 2.45) is 0 Å². The Bertz CT molecular complexity index is 857. The Morgan fingerprint density at radius 2 is 2.00 bits per heavy atom. The van der Waals surface area contributed by atoms with Crippen LogP contribution in [0.4, 0.5) is 0 Å². The van der Waals surface area contributed by atoms with E-state index in [1.54, 1.807) is 35.6 Å². The van der Waals surface area contributed by atoms with Crippen molar-refractivity contribution in [1.82, 2.24) is 9.62 Å². The molecule has 1 aliphatic heterocycles. The van der Waals surface area contributed by atoms with Crippen molar-refractivity contribution in [3.63, 3.8) is 0 Å². The van der Waals surface area contributed by atoms with Crippen LogP contribution >= 0.6 is 11.3 Å². The van der Waals surface area contributed by atoms with E-state index in [0.717, 1.165) is 12.0 Å². The molecule has 0 unspecified atom stereocenters. The highest BCUT2D eigenvalue weighted by Crippen LogP contribution is 2.32. The second kappa shape index (κ2) is 7.27. The SMILES string of the molecule is Cc1ccc(S(=O)(=O)NCCC(=O)N2CCc3sccc3[C@@H]2C)cc1. The molecular formula is C18H22N2O3S2. The molecule has 25 heavy (non-hydrogen) atoms. The molecule has 0 spiro atoms. The van der Waals surface area contributed by atoms with Gasteiger partial charge in [0, 0.05) is 24.4 Å². The van der Waals surface area contributed by atoms with Crippen LogP contribution in [-0.2, 0) is 21.2 Å². The fourth-order valence-corrected chi connectivity index (χ4v) is 5.08. The number of aryl methyl sites for hydroxylation is 1. The summed E-state index contributed by atoms with van der Waals surface area (Å²) in [6, 6.07) is 8.79. The van der Waals surface area contributed by atoms with Crippen LogP contribution in [0.15, 0.2) is 40.6 Å². The summed E-state index contributed by atoms with van der Waals surface area (Å²) < 4.78 is 27.0. The van der Waals surface area contributed by atoms with Gasteiger partial charge in [0.15, 0.2) is 0 Å². The van der Waals surface area contributed by atoms with Crippen LogP contribution in [0.25, 0.3) is 0 Å². The van der Waals surface area contributed by atoms with E-state index in [2.05, 4.69) is 16.2 Å². The van der Waals surface area contributed by atoms with Gasteiger partial charge in [0.05, 0.1) is 10.9 Å². The van der Waals surface area contributed by atoms with Crippen LogP contribution in [0, 0.1) is 6.92 Å². The molecule has 1 amide bonds. The molecule has 1 aromatic carbocycles. The van der Waals surface area contributed by atoms with E-state index < -0.39 is 10.0 Å². The molecule has 2 heterocycles. The van der Waals surface area contributed by atoms with Crippen molar-refractivity contribution in [3.05, 3.63) is 51.7 Å². The molecule has 0 radical (unpaired) electrons. The monoisotopic (exact) mass is 378 g/mol. The smallest absolute Gasteiger partial charge is 0.240 e. The minimum Gasteiger partial charge on any atom is -0.335 e. The maximum atomic E-state index is 12.5. The van der Waals surface area contributed by atoms with E-state index in [1.165, 1.54) is 10.4 Å². The Kier molecular flexibility index (Phi) is 5.27. The first-order chi connectivity index (χ1) is 11.9.